The average Bonchev–Trinajstić information content (AvgIpc) is 3.18. The van der Waals surface area contributed by atoms with Crippen molar-refractivity contribution >= 4 is 37.5 Å². The number of nitrogen functional groups attached to an aromatic ring is 1. The second kappa shape index (κ2) is 3.90. The van der Waals surface area contributed by atoms with Crippen LogP contribution in [-0.4, -0.2) is 11.7 Å². The van der Waals surface area contributed by atoms with Crippen LogP contribution in [0.2, 0.25) is 0 Å². The van der Waals surface area contributed by atoms with Gasteiger partial charge in [-0.25, -0.2) is 0 Å². The minimum Gasteiger partial charge on any atom is -0.389 e. The van der Waals surface area contributed by atoms with E-state index in [1.807, 2.05) is 11.7 Å². The summed E-state index contributed by atoms with van der Waals surface area (Å²) in [6.07, 6.45) is 2.52. The van der Waals surface area contributed by atoms with Crippen molar-refractivity contribution in [3.63, 3.8) is 0 Å². The van der Waals surface area contributed by atoms with Gasteiger partial charge >= 0.3 is 0 Å². The largest absolute Gasteiger partial charge is 0.389 e. The number of para-hydroxylation sites is 1. The summed E-state index contributed by atoms with van der Waals surface area (Å²) in [5.74, 6) is 0.665. The van der Waals surface area contributed by atoms with Crippen LogP contribution in [0, 0.1) is 11.3 Å². The average molecular weight is 282 g/mol. The highest BCUT2D eigenvalue weighted by molar-refractivity contribution is 7.24. The van der Waals surface area contributed by atoms with Crippen molar-refractivity contribution in [3.05, 3.63) is 29.3 Å². The predicted molar refractivity (Wildman–Crippen MR) is 83.7 cm³/mol. The number of rotatable bonds is 2. The molecule has 1 fully saturated rings. The molecule has 100 valence electrons. The number of hydrogen-bond acceptors (Lipinski definition) is 4. The Morgan fingerprint density at radius 3 is 2.85 bits per heavy atom. The summed E-state index contributed by atoms with van der Waals surface area (Å²) in [7, 11) is 1.89. The summed E-state index contributed by atoms with van der Waals surface area (Å²) in [5, 5.41) is 11.2. The van der Waals surface area contributed by atoms with Gasteiger partial charge in [-0.05, 0) is 24.3 Å². The van der Waals surface area contributed by atoms with Crippen LogP contribution in [0.25, 0.3) is 21.1 Å². The Bertz CT molecular complexity index is 877. The van der Waals surface area contributed by atoms with Crippen LogP contribution in [0.5, 0.6) is 0 Å². The SMILES string of the molecule is CNn1c2c(C3CC3)cccc2c2sc(N)c(C#N)c21. The van der Waals surface area contributed by atoms with Gasteiger partial charge in [0, 0.05) is 12.4 Å². The highest BCUT2D eigenvalue weighted by atomic mass is 32.1. The van der Waals surface area contributed by atoms with Gasteiger partial charge in [-0.2, -0.15) is 5.26 Å². The fourth-order valence-corrected chi connectivity index (χ4v) is 4.03. The highest BCUT2D eigenvalue weighted by Gasteiger charge is 2.29. The van der Waals surface area contributed by atoms with E-state index in [4.69, 9.17) is 5.73 Å². The maximum atomic E-state index is 9.38. The lowest BCUT2D eigenvalue weighted by molar-refractivity contribution is 0.996. The van der Waals surface area contributed by atoms with E-state index >= 15 is 0 Å². The number of anilines is 1. The lowest BCUT2D eigenvalue weighted by atomic mass is 10.1. The van der Waals surface area contributed by atoms with E-state index < -0.39 is 0 Å². The van der Waals surface area contributed by atoms with Gasteiger partial charge in [0.2, 0.25) is 0 Å². The molecule has 0 unspecified atom stereocenters. The van der Waals surface area contributed by atoms with E-state index in [-0.39, 0.29) is 0 Å². The van der Waals surface area contributed by atoms with Crippen molar-refractivity contribution in [2.24, 2.45) is 0 Å². The normalized spacial score (nSPS) is 14.8. The van der Waals surface area contributed by atoms with Gasteiger partial charge in [0.25, 0.3) is 0 Å². The number of nitriles is 1. The molecular weight excluding hydrogens is 268 g/mol. The molecule has 1 aliphatic rings. The van der Waals surface area contributed by atoms with E-state index in [0.717, 1.165) is 10.2 Å². The zero-order valence-electron chi connectivity index (χ0n) is 11.1. The summed E-state index contributed by atoms with van der Waals surface area (Å²) >= 11 is 1.50. The van der Waals surface area contributed by atoms with Crippen LogP contribution < -0.4 is 11.2 Å². The van der Waals surface area contributed by atoms with Gasteiger partial charge in [0.1, 0.15) is 22.2 Å². The first kappa shape index (κ1) is 11.6. The van der Waals surface area contributed by atoms with Crippen LogP contribution in [-0.2, 0) is 0 Å². The lowest BCUT2D eigenvalue weighted by Crippen LogP contribution is -2.09. The molecule has 2 heterocycles. The number of fused-ring (bicyclic) bond motifs is 3. The maximum Gasteiger partial charge on any atom is 0.112 e. The first-order valence-electron chi connectivity index (χ1n) is 6.69. The van der Waals surface area contributed by atoms with Gasteiger partial charge in [-0.15, -0.1) is 11.3 Å². The van der Waals surface area contributed by atoms with Gasteiger partial charge in [-0.3, -0.25) is 4.68 Å². The molecule has 20 heavy (non-hydrogen) atoms. The zero-order valence-corrected chi connectivity index (χ0v) is 11.9. The van der Waals surface area contributed by atoms with Crippen LogP contribution in [0.4, 0.5) is 5.00 Å². The third kappa shape index (κ3) is 1.34. The lowest BCUT2D eigenvalue weighted by Gasteiger charge is -2.09. The van der Waals surface area contributed by atoms with E-state index in [9.17, 15) is 5.26 Å². The Balaban J connectivity index is 2.23. The molecule has 3 aromatic rings. The summed E-state index contributed by atoms with van der Waals surface area (Å²) in [6, 6.07) is 8.67. The first-order chi connectivity index (χ1) is 9.76. The summed E-state index contributed by atoms with van der Waals surface area (Å²) in [6.45, 7) is 0. The molecule has 1 saturated carbocycles. The Kier molecular flexibility index (Phi) is 2.27. The molecule has 3 N–H and O–H groups in total. The third-order valence-electron chi connectivity index (χ3n) is 4.02. The molecule has 0 atom stereocenters. The molecule has 2 aromatic heterocycles. The van der Waals surface area contributed by atoms with E-state index in [0.29, 0.717) is 16.5 Å². The number of nitrogens with one attached hydrogen (secondary N) is 1. The molecule has 0 radical (unpaired) electrons. The minimum absolute atomic E-state index is 0.581. The number of aromatic nitrogens is 1. The molecule has 1 aromatic carbocycles. The van der Waals surface area contributed by atoms with E-state index in [1.165, 1.54) is 40.6 Å². The van der Waals surface area contributed by atoms with Crippen LogP contribution >= 0.6 is 11.3 Å². The number of benzene rings is 1. The number of thiophene rings is 1. The minimum atomic E-state index is 0.581. The van der Waals surface area contributed by atoms with Gasteiger partial charge in [0.05, 0.1) is 10.2 Å². The van der Waals surface area contributed by atoms with Crippen molar-refractivity contribution in [3.8, 4) is 6.07 Å². The third-order valence-corrected chi connectivity index (χ3v) is 5.06. The molecule has 5 heteroatoms. The van der Waals surface area contributed by atoms with Crippen molar-refractivity contribution in [2.75, 3.05) is 18.2 Å². The molecule has 0 aliphatic heterocycles. The first-order valence-corrected chi connectivity index (χ1v) is 7.51. The standard InChI is InChI=1S/C15H14N4S/c1-18-19-12-9(8-5-6-8)3-2-4-10(12)14-13(19)11(7-16)15(17)20-14/h2-4,8,18H,5-6,17H2,1H3. The summed E-state index contributed by atoms with van der Waals surface area (Å²) < 4.78 is 3.13. The Morgan fingerprint density at radius 2 is 2.20 bits per heavy atom. The van der Waals surface area contributed by atoms with Crippen molar-refractivity contribution in [2.45, 2.75) is 18.8 Å². The molecular formula is C15H14N4S. The van der Waals surface area contributed by atoms with Crippen LogP contribution in [0.15, 0.2) is 18.2 Å². The number of hydrogen-bond donors (Lipinski definition) is 2. The molecule has 1 aliphatic carbocycles. The Morgan fingerprint density at radius 1 is 1.40 bits per heavy atom. The maximum absolute atomic E-state index is 9.38. The Hall–Kier alpha value is -2.19. The summed E-state index contributed by atoms with van der Waals surface area (Å²) in [4.78, 5) is 0. The smallest absolute Gasteiger partial charge is 0.112 e. The molecule has 0 saturated heterocycles. The number of nitrogens with two attached hydrogens (primary N) is 1. The van der Waals surface area contributed by atoms with E-state index in [2.05, 4.69) is 29.7 Å². The van der Waals surface area contributed by atoms with Crippen LogP contribution in [0.1, 0.15) is 29.9 Å². The monoisotopic (exact) mass is 282 g/mol. The van der Waals surface area contributed by atoms with Crippen molar-refractivity contribution in [1.29, 1.82) is 5.26 Å². The fraction of sp³-hybridized carbons (Fsp3) is 0.267. The zero-order chi connectivity index (χ0) is 13.9. The molecule has 0 bridgehead atoms. The van der Waals surface area contributed by atoms with Crippen LogP contribution in [0.3, 0.4) is 0 Å². The number of nitrogens with zero attached hydrogens (tertiary/aromatic N) is 2. The molecule has 4 nitrogen and oxygen atoms in total. The highest BCUT2D eigenvalue weighted by Crippen LogP contribution is 2.47. The second-order valence-electron chi connectivity index (χ2n) is 5.21. The molecule has 4 rings (SSSR count). The second-order valence-corrected chi connectivity index (χ2v) is 6.26. The van der Waals surface area contributed by atoms with Crippen molar-refractivity contribution < 1.29 is 0 Å². The quantitative estimate of drug-likeness (QED) is 0.757. The van der Waals surface area contributed by atoms with Gasteiger partial charge in [-0.1, -0.05) is 18.2 Å². The van der Waals surface area contributed by atoms with E-state index in [1.54, 1.807) is 0 Å². The summed E-state index contributed by atoms with van der Waals surface area (Å²) in [5.41, 5.74) is 13.3. The fourth-order valence-electron chi connectivity index (χ4n) is 3.00. The van der Waals surface area contributed by atoms with Gasteiger partial charge < -0.3 is 11.2 Å². The predicted octanol–water partition coefficient (Wildman–Crippen LogP) is 3.36. The molecule has 0 spiro atoms. The topological polar surface area (TPSA) is 66.8 Å². The van der Waals surface area contributed by atoms with Crippen molar-refractivity contribution in [1.82, 2.24) is 4.68 Å². The molecule has 0 amide bonds. The van der Waals surface area contributed by atoms with Gasteiger partial charge in [0.15, 0.2) is 0 Å². The Labute approximate surface area is 120 Å².